The van der Waals surface area contributed by atoms with Gasteiger partial charge in [0.2, 0.25) is 5.91 Å². The standard InChI is InChI=1S/C31H32N8O3/c32-10-7-30(40)39-12-9-27(19-39)42-28-6-1-22(17-23(28)18-33)31-34-11-8-29(36-31)35-24-2-4-25(5-3-24)37-13-15-38(16-14-37)26-20-41-21-26/h1-6,8,11,17,26-27H,7,9,12-16,19-21H2,(H,34,35,36)/t27-/m1/s1. The van der Waals surface area contributed by atoms with Crippen LogP contribution >= 0.6 is 0 Å². The molecule has 0 bridgehead atoms. The second-order valence-corrected chi connectivity index (χ2v) is 10.7. The molecule has 11 nitrogen and oxygen atoms in total. The minimum absolute atomic E-state index is 0.140. The number of rotatable bonds is 8. The minimum atomic E-state index is -0.229. The zero-order valence-corrected chi connectivity index (χ0v) is 23.3. The first-order chi connectivity index (χ1) is 20.6. The van der Waals surface area contributed by atoms with E-state index in [4.69, 9.17) is 14.7 Å². The quantitative estimate of drug-likeness (QED) is 0.435. The van der Waals surface area contributed by atoms with E-state index in [2.05, 4.69) is 55.4 Å². The van der Waals surface area contributed by atoms with E-state index in [0.29, 0.717) is 54.1 Å². The van der Waals surface area contributed by atoms with Gasteiger partial charge in [0.25, 0.3) is 0 Å². The molecule has 0 aliphatic carbocycles. The molecule has 1 atom stereocenters. The lowest BCUT2D eigenvalue weighted by Crippen LogP contribution is -2.56. The van der Waals surface area contributed by atoms with E-state index >= 15 is 0 Å². The molecule has 0 unspecified atom stereocenters. The topological polar surface area (TPSA) is 131 Å². The van der Waals surface area contributed by atoms with Crippen molar-refractivity contribution in [2.24, 2.45) is 0 Å². The number of nitrogens with zero attached hydrogens (tertiary/aromatic N) is 7. The van der Waals surface area contributed by atoms with E-state index in [1.807, 2.05) is 18.2 Å². The van der Waals surface area contributed by atoms with Crippen LogP contribution in [0.15, 0.2) is 54.7 Å². The van der Waals surface area contributed by atoms with E-state index in [9.17, 15) is 10.1 Å². The number of hydrogen-bond acceptors (Lipinski definition) is 10. The molecule has 3 fully saturated rings. The lowest BCUT2D eigenvalue weighted by Gasteiger charge is -2.43. The number of aromatic nitrogens is 2. The Morgan fingerprint density at radius 1 is 1.05 bits per heavy atom. The van der Waals surface area contributed by atoms with Crippen LogP contribution in [0.3, 0.4) is 0 Å². The van der Waals surface area contributed by atoms with Crippen molar-refractivity contribution in [3.63, 3.8) is 0 Å². The number of hydrogen-bond donors (Lipinski definition) is 1. The molecule has 1 N–H and O–H groups in total. The highest BCUT2D eigenvalue weighted by atomic mass is 16.5. The van der Waals surface area contributed by atoms with Crippen LogP contribution in [0.1, 0.15) is 18.4 Å². The van der Waals surface area contributed by atoms with Crippen molar-refractivity contribution in [3.8, 4) is 29.3 Å². The average molecular weight is 565 g/mol. The van der Waals surface area contributed by atoms with Crippen molar-refractivity contribution < 1.29 is 14.3 Å². The number of piperazine rings is 1. The van der Waals surface area contributed by atoms with Gasteiger partial charge < -0.3 is 24.6 Å². The van der Waals surface area contributed by atoms with E-state index in [1.165, 1.54) is 5.69 Å². The Balaban J connectivity index is 1.07. The predicted molar refractivity (Wildman–Crippen MR) is 156 cm³/mol. The number of amides is 1. The number of nitriles is 2. The highest BCUT2D eigenvalue weighted by molar-refractivity contribution is 5.78. The third-order valence-electron chi connectivity index (χ3n) is 7.99. The molecule has 1 amide bonds. The van der Waals surface area contributed by atoms with Crippen LogP contribution < -0.4 is 15.0 Å². The van der Waals surface area contributed by atoms with Crippen molar-refractivity contribution >= 4 is 23.1 Å². The summed E-state index contributed by atoms with van der Waals surface area (Å²) in [5.41, 5.74) is 3.20. The zero-order valence-electron chi connectivity index (χ0n) is 23.3. The van der Waals surface area contributed by atoms with Crippen LogP contribution in [0.5, 0.6) is 5.75 Å². The van der Waals surface area contributed by atoms with Crippen molar-refractivity contribution in [2.75, 3.05) is 62.7 Å². The van der Waals surface area contributed by atoms with Crippen LogP contribution in [0.2, 0.25) is 0 Å². The van der Waals surface area contributed by atoms with Gasteiger partial charge in [-0.3, -0.25) is 9.69 Å². The summed E-state index contributed by atoms with van der Waals surface area (Å²) in [5, 5.41) is 21.9. The molecule has 1 aromatic heterocycles. The lowest BCUT2D eigenvalue weighted by atomic mass is 10.1. The Morgan fingerprint density at radius 2 is 1.86 bits per heavy atom. The third-order valence-corrected chi connectivity index (χ3v) is 7.99. The smallest absolute Gasteiger partial charge is 0.236 e. The van der Waals surface area contributed by atoms with Gasteiger partial charge in [0.05, 0.1) is 37.4 Å². The molecule has 42 heavy (non-hydrogen) atoms. The van der Waals surface area contributed by atoms with E-state index in [0.717, 1.165) is 45.1 Å². The van der Waals surface area contributed by atoms with Gasteiger partial charge in [-0.25, -0.2) is 9.97 Å². The van der Waals surface area contributed by atoms with Crippen LogP contribution in [0.4, 0.5) is 17.2 Å². The highest BCUT2D eigenvalue weighted by Gasteiger charge is 2.29. The Morgan fingerprint density at radius 3 is 2.57 bits per heavy atom. The van der Waals surface area contributed by atoms with E-state index in [1.54, 1.807) is 23.2 Å². The van der Waals surface area contributed by atoms with Gasteiger partial charge in [-0.2, -0.15) is 10.5 Å². The molecule has 3 aliphatic rings. The number of benzene rings is 2. The molecule has 6 rings (SSSR count). The average Bonchev–Trinajstić information content (AvgIpc) is 3.46. The summed E-state index contributed by atoms with van der Waals surface area (Å²) >= 11 is 0. The first-order valence-electron chi connectivity index (χ1n) is 14.2. The van der Waals surface area contributed by atoms with Crippen LogP contribution in [0, 0.1) is 22.7 Å². The third kappa shape index (κ3) is 6.13. The molecule has 0 saturated carbocycles. The molecular formula is C31H32N8O3. The maximum absolute atomic E-state index is 12.0. The fraction of sp³-hybridized carbons (Fsp3) is 0.387. The Hall–Kier alpha value is -4.71. The number of likely N-dealkylation sites (tertiary alicyclic amines) is 1. The zero-order chi connectivity index (χ0) is 28.9. The molecule has 214 valence electrons. The van der Waals surface area contributed by atoms with Gasteiger partial charge in [-0.1, -0.05) is 0 Å². The highest BCUT2D eigenvalue weighted by Crippen LogP contribution is 2.28. The molecule has 4 heterocycles. The molecule has 11 heteroatoms. The fourth-order valence-corrected chi connectivity index (χ4v) is 5.52. The van der Waals surface area contributed by atoms with E-state index in [-0.39, 0.29) is 18.4 Å². The molecule has 3 aromatic rings. The Labute approximate surface area is 244 Å². The Bertz CT molecular complexity index is 1500. The number of nitrogens with one attached hydrogen (secondary N) is 1. The minimum Gasteiger partial charge on any atom is -0.487 e. The normalized spacial score (nSPS) is 19.0. The summed E-state index contributed by atoms with van der Waals surface area (Å²) in [6.45, 7) is 6.79. The largest absolute Gasteiger partial charge is 0.487 e. The van der Waals surface area contributed by atoms with Crippen LogP contribution in [-0.2, 0) is 9.53 Å². The number of ether oxygens (including phenoxy) is 2. The summed E-state index contributed by atoms with van der Waals surface area (Å²) in [7, 11) is 0. The van der Waals surface area contributed by atoms with Gasteiger partial charge >= 0.3 is 0 Å². The number of carbonyl (C=O) groups is 1. The number of anilines is 3. The van der Waals surface area contributed by atoms with Gasteiger partial charge in [-0.05, 0) is 48.5 Å². The first-order valence-corrected chi connectivity index (χ1v) is 14.2. The molecule has 3 aliphatic heterocycles. The number of carbonyl (C=O) groups excluding carboxylic acids is 1. The van der Waals surface area contributed by atoms with Gasteiger partial charge in [-0.15, -0.1) is 0 Å². The summed E-state index contributed by atoms with van der Waals surface area (Å²) in [4.78, 5) is 27.7. The second kappa shape index (κ2) is 12.4. The Kier molecular flexibility index (Phi) is 8.13. The van der Waals surface area contributed by atoms with Crippen LogP contribution in [-0.4, -0.2) is 90.3 Å². The van der Waals surface area contributed by atoms with Crippen molar-refractivity contribution in [3.05, 3.63) is 60.3 Å². The van der Waals surface area contributed by atoms with E-state index < -0.39 is 0 Å². The van der Waals surface area contributed by atoms with Gasteiger partial charge in [0, 0.05) is 62.3 Å². The van der Waals surface area contributed by atoms with Crippen molar-refractivity contribution in [1.82, 2.24) is 19.8 Å². The van der Waals surface area contributed by atoms with Crippen LogP contribution in [0.25, 0.3) is 11.4 Å². The SMILES string of the molecule is N#CCC(=O)N1CC[C@@H](Oc2ccc(-c3nccc(Nc4ccc(N5CCN(C6COC6)CC5)cc4)n3)cc2C#N)C1. The maximum Gasteiger partial charge on any atom is 0.236 e. The van der Waals surface area contributed by atoms with Crippen molar-refractivity contribution in [1.29, 1.82) is 10.5 Å². The predicted octanol–water partition coefficient (Wildman–Crippen LogP) is 3.17. The summed E-state index contributed by atoms with van der Waals surface area (Å²) < 4.78 is 11.4. The molecule has 0 spiro atoms. The monoisotopic (exact) mass is 564 g/mol. The molecule has 2 aromatic carbocycles. The summed E-state index contributed by atoms with van der Waals surface area (Å²) in [6, 6.07) is 20.2. The molecular weight excluding hydrogens is 532 g/mol. The maximum atomic E-state index is 12.0. The molecule has 0 radical (unpaired) electrons. The van der Waals surface area contributed by atoms with Crippen molar-refractivity contribution in [2.45, 2.75) is 25.0 Å². The fourth-order valence-electron chi connectivity index (χ4n) is 5.52. The van der Waals surface area contributed by atoms with Gasteiger partial charge in [0.15, 0.2) is 5.82 Å². The lowest BCUT2D eigenvalue weighted by molar-refractivity contribution is -0.129. The first kappa shape index (κ1) is 27.5. The molecule has 3 saturated heterocycles. The second-order valence-electron chi connectivity index (χ2n) is 10.7. The summed E-state index contributed by atoms with van der Waals surface area (Å²) in [5.74, 6) is 1.39. The summed E-state index contributed by atoms with van der Waals surface area (Å²) in [6.07, 6.45) is 1.97. The van der Waals surface area contributed by atoms with Gasteiger partial charge in [0.1, 0.15) is 30.2 Å².